The van der Waals surface area contributed by atoms with Crippen LogP contribution in [0.5, 0.6) is 5.75 Å². The average Bonchev–Trinajstić information content (AvgIpc) is 2.28. The lowest BCUT2D eigenvalue weighted by Gasteiger charge is -2.11. The van der Waals surface area contributed by atoms with E-state index in [9.17, 15) is 4.79 Å². The molecule has 2 N–H and O–H groups in total. The van der Waals surface area contributed by atoms with Crippen LogP contribution < -0.4 is 10.1 Å². The fourth-order valence-corrected chi connectivity index (χ4v) is 1.18. The fourth-order valence-electron chi connectivity index (χ4n) is 1.18. The van der Waals surface area contributed by atoms with E-state index in [1.807, 2.05) is 31.2 Å². The molecule has 0 radical (unpaired) electrons. The smallest absolute Gasteiger partial charge is 0.325 e. The number of anilines is 1. The molecule has 1 atom stereocenters. The molecular formula is C12H17NO3. The first-order valence-corrected chi connectivity index (χ1v) is 5.35. The van der Waals surface area contributed by atoms with Crippen molar-refractivity contribution in [2.45, 2.75) is 26.3 Å². The normalized spacial score (nSPS) is 11.9. The SMILES string of the molecule is CCCOc1ccc(N[C@@H](C)C(=O)O)cc1. The Morgan fingerprint density at radius 2 is 2.06 bits per heavy atom. The van der Waals surface area contributed by atoms with E-state index >= 15 is 0 Å². The Bertz CT molecular complexity index is 335. The Labute approximate surface area is 95.2 Å². The number of rotatable bonds is 6. The van der Waals surface area contributed by atoms with Gasteiger partial charge in [-0.2, -0.15) is 0 Å². The standard InChI is InChI=1S/C12H17NO3/c1-3-8-16-11-6-4-10(5-7-11)13-9(2)12(14)15/h4-7,9,13H,3,8H2,1-2H3,(H,14,15)/t9-/m0/s1. The molecule has 0 amide bonds. The fraction of sp³-hybridized carbons (Fsp3) is 0.417. The zero-order chi connectivity index (χ0) is 12.0. The highest BCUT2D eigenvalue weighted by molar-refractivity contribution is 5.76. The van der Waals surface area contributed by atoms with Crippen molar-refractivity contribution in [3.63, 3.8) is 0 Å². The minimum Gasteiger partial charge on any atom is -0.494 e. The Morgan fingerprint density at radius 1 is 1.44 bits per heavy atom. The third-order valence-corrected chi connectivity index (χ3v) is 2.08. The van der Waals surface area contributed by atoms with Gasteiger partial charge in [0.1, 0.15) is 11.8 Å². The van der Waals surface area contributed by atoms with E-state index in [-0.39, 0.29) is 0 Å². The molecule has 4 heteroatoms. The van der Waals surface area contributed by atoms with Crippen LogP contribution in [0.4, 0.5) is 5.69 Å². The lowest BCUT2D eigenvalue weighted by Crippen LogP contribution is -2.25. The second kappa shape index (κ2) is 6.00. The van der Waals surface area contributed by atoms with E-state index in [0.717, 1.165) is 17.9 Å². The molecule has 0 aromatic heterocycles. The first-order chi connectivity index (χ1) is 7.63. The third-order valence-electron chi connectivity index (χ3n) is 2.08. The van der Waals surface area contributed by atoms with E-state index in [1.165, 1.54) is 0 Å². The highest BCUT2D eigenvalue weighted by Crippen LogP contribution is 2.16. The number of hydrogen-bond acceptors (Lipinski definition) is 3. The van der Waals surface area contributed by atoms with Gasteiger partial charge in [-0.1, -0.05) is 6.92 Å². The van der Waals surface area contributed by atoms with Gasteiger partial charge >= 0.3 is 5.97 Å². The summed E-state index contributed by atoms with van der Waals surface area (Å²) in [4.78, 5) is 10.6. The summed E-state index contributed by atoms with van der Waals surface area (Å²) >= 11 is 0. The molecule has 0 bridgehead atoms. The third kappa shape index (κ3) is 3.81. The predicted molar refractivity (Wildman–Crippen MR) is 62.9 cm³/mol. The van der Waals surface area contributed by atoms with Crippen molar-refractivity contribution < 1.29 is 14.6 Å². The Morgan fingerprint density at radius 3 is 2.56 bits per heavy atom. The monoisotopic (exact) mass is 223 g/mol. The van der Waals surface area contributed by atoms with Crippen LogP contribution in [0.3, 0.4) is 0 Å². The number of benzene rings is 1. The van der Waals surface area contributed by atoms with Crippen molar-refractivity contribution in [2.24, 2.45) is 0 Å². The predicted octanol–water partition coefficient (Wildman–Crippen LogP) is 2.36. The van der Waals surface area contributed by atoms with E-state index < -0.39 is 12.0 Å². The molecule has 0 spiro atoms. The molecule has 0 aliphatic heterocycles. The summed E-state index contributed by atoms with van der Waals surface area (Å²) in [5.41, 5.74) is 0.777. The summed E-state index contributed by atoms with van der Waals surface area (Å²) in [5.74, 6) is -0.0679. The van der Waals surface area contributed by atoms with E-state index in [4.69, 9.17) is 9.84 Å². The van der Waals surface area contributed by atoms with Gasteiger partial charge in [0.15, 0.2) is 0 Å². The summed E-state index contributed by atoms with van der Waals surface area (Å²) in [6.07, 6.45) is 0.968. The van der Waals surface area contributed by atoms with Crippen LogP contribution in [0.1, 0.15) is 20.3 Å². The largest absolute Gasteiger partial charge is 0.494 e. The number of carbonyl (C=O) groups is 1. The Balaban J connectivity index is 2.54. The zero-order valence-corrected chi connectivity index (χ0v) is 9.56. The maximum atomic E-state index is 10.6. The molecule has 16 heavy (non-hydrogen) atoms. The van der Waals surface area contributed by atoms with Crippen LogP contribution in [-0.4, -0.2) is 23.7 Å². The van der Waals surface area contributed by atoms with Gasteiger partial charge in [0.05, 0.1) is 6.61 Å². The van der Waals surface area contributed by atoms with Crippen molar-refractivity contribution >= 4 is 11.7 Å². The van der Waals surface area contributed by atoms with E-state index in [0.29, 0.717) is 6.61 Å². The summed E-state index contributed by atoms with van der Waals surface area (Å²) in [7, 11) is 0. The molecule has 0 aliphatic carbocycles. The van der Waals surface area contributed by atoms with Crippen LogP contribution in [0.15, 0.2) is 24.3 Å². The molecule has 1 aromatic rings. The minimum atomic E-state index is -0.869. The lowest BCUT2D eigenvalue weighted by atomic mass is 10.2. The van der Waals surface area contributed by atoms with E-state index in [2.05, 4.69) is 5.32 Å². The van der Waals surface area contributed by atoms with Crippen LogP contribution >= 0.6 is 0 Å². The molecule has 1 aromatic carbocycles. The van der Waals surface area contributed by atoms with Crippen LogP contribution in [0.25, 0.3) is 0 Å². The maximum absolute atomic E-state index is 10.6. The summed E-state index contributed by atoms with van der Waals surface area (Å²) < 4.78 is 5.42. The van der Waals surface area contributed by atoms with Gasteiger partial charge in [-0.3, -0.25) is 4.79 Å². The lowest BCUT2D eigenvalue weighted by molar-refractivity contribution is -0.137. The molecule has 0 saturated heterocycles. The van der Waals surface area contributed by atoms with Crippen molar-refractivity contribution in [1.82, 2.24) is 0 Å². The molecule has 0 aliphatic rings. The van der Waals surface area contributed by atoms with Gasteiger partial charge < -0.3 is 15.2 Å². The highest BCUT2D eigenvalue weighted by atomic mass is 16.5. The first-order valence-electron chi connectivity index (χ1n) is 5.35. The minimum absolute atomic E-state index is 0.595. The van der Waals surface area contributed by atoms with Gasteiger partial charge in [0, 0.05) is 5.69 Å². The molecule has 0 unspecified atom stereocenters. The van der Waals surface area contributed by atoms with Gasteiger partial charge in [-0.25, -0.2) is 0 Å². The number of ether oxygens (including phenoxy) is 1. The molecule has 0 saturated carbocycles. The highest BCUT2D eigenvalue weighted by Gasteiger charge is 2.09. The molecule has 4 nitrogen and oxygen atoms in total. The number of aliphatic carboxylic acids is 1. The number of hydrogen-bond donors (Lipinski definition) is 2. The van der Waals surface area contributed by atoms with Crippen LogP contribution in [0.2, 0.25) is 0 Å². The average molecular weight is 223 g/mol. The summed E-state index contributed by atoms with van der Waals surface area (Å²) in [6, 6.07) is 6.68. The molecule has 1 rings (SSSR count). The Kier molecular flexibility index (Phi) is 4.64. The number of nitrogens with one attached hydrogen (secondary N) is 1. The van der Waals surface area contributed by atoms with Gasteiger partial charge in [-0.05, 0) is 37.6 Å². The second-order valence-electron chi connectivity index (χ2n) is 3.58. The number of carboxylic acids is 1. The van der Waals surface area contributed by atoms with Crippen molar-refractivity contribution in [3.05, 3.63) is 24.3 Å². The zero-order valence-electron chi connectivity index (χ0n) is 9.56. The van der Waals surface area contributed by atoms with Crippen molar-refractivity contribution in [3.8, 4) is 5.75 Å². The van der Waals surface area contributed by atoms with Crippen molar-refractivity contribution in [1.29, 1.82) is 0 Å². The molecular weight excluding hydrogens is 206 g/mol. The van der Waals surface area contributed by atoms with Crippen LogP contribution in [-0.2, 0) is 4.79 Å². The maximum Gasteiger partial charge on any atom is 0.325 e. The van der Waals surface area contributed by atoms with Gasteiger partial charge in [0.25, 0.3) is 0 Å². The van der Waals surface area contributed by atoms with Crippen molar-refractivity contribution in [2.75, 3.05) is 11.9 Å². The van der Waals surface area contributed by atoms with Gasteiger partial charge in [0.2, 0.25) is 0 Å². The molecule has 0 fully saturated rings. The quantitative estimate of drug-likeness (QED) is 0.777. The van der Waals surface area contributed by atoms with Crippen LogP contribution in [0, 0.1) is 0 Å². The summed E-state index contributed by atoms with van der Waals surface area (Å²) in [5, 5.41) is 11.6. The molecule has 0 heterocycles. The topological polar surface area (TPSA) is 58.6 Å². The van der Waals surface area contributed by atoms with E-state index in [1.54, 1.807) is 6.92 Å². The second-order valence-corrected chi connectivity index (χ2v) is 3.58. The Hall–Kier alpha value is -1.71. The summed E-state index contributed by atoms with van der Waals surface area (Å²) in [6.45, 7) is 4.34. The van der Waals surface area contributed by atoms with Gasteiger partial charge in [-0.15, -0.1) is 0 Å². The molecule has 88 valence electrons. The number of carboxylic acid groups (broad SMARTS) is 1. The first kappa shape index (κ1) is 12.4.